The predicted octanol–water partition coefficient (Wildman–Crippen LogP) is 4.07. The number of hydrogen-bond donors (Lipinski definition) is 2. The summed E-state index contributed by atoms with van der Waals surface area (Å²) >= 11 is 0. The standard InChI is InChI=1S/C21H23N3O3/c1-14-22-19-10-5-15(12-20(19)23-14)21(25)24-16-6-8-17(9-7-16)27-13-18-4-2-3-11-26-18/h5-10,12,18H,2-4,11,13H2,1H3,(H,22,23)(H,24,25). The van der Waals surface area contributed by atoms with Gasteiger partial charge in [0.15, 0.2) is 0 Å². The third-order valence-corrected chi connectivity index (χ3v) is 4.68. The lowest BCUT2D eigenvalue weighted by Gasteiger charge is -2.22. The Bertz CT molecular complexity index is 927. The molecule has 1 amide bonds. The number of ether oxygens (including phenoxy) is 2. The minimum atomic E-state index is -0.159. The Hall–Kier alpha value is -2.86. The second-order valence-corrected chi connectivity index (χ2v) is 6.83. The Labute approximate surface area is 157 Å². The van der Waals surface area contributed by atoms with Crippen molar-refractivity contribution in [2.45, 2.75) is 32.3 Å². The monoisotopic (exact) mass is 365 g/mol. The van der Waals surface area contributed by atoms with E-state index in [4.69, 9.17) is 9.47 Å². The summed E-state index contributed by atoms with van der Waals surface area (Å²) in [7, 11) is 0. The van der Waals surface area contributed by atoms with E-state index < -0.39 is 0 Å². The van der Waals surface area contributed by atoms with Crippen LogP contribution in [0.3, 0.4) is 0 Å². The lowest BCUT2D eigenvalue weighted by atomic mass is 10.1. The molecule has 1 aliphatic heterocycles. The number of H-pyrrole nitrogens is 1. The largest absolute Gasteiger partial charge is 0.491 e. The van der Waals surface area contributed by atoms with Crippen molar-refractivity contribution in [3.8, 4) is 5.75 Å². The Morgan fingerprint density at radius 3 is 2.89 bits per heavy atom. The molecule has 4 rings (SSSR count). The van der Waals surface area contributed by atoms with Crippen molar-refractivity contribution in [2.24, 2.45) is 0 Å². The van der Waals surface area contributed by atoms with Crippen molar-refractivity contribution in [1.82, 2.24) is 9.97 Å². The molecule has 0 saturated carbocycles. The summed E-state index contributed by atoms with van der Waals surface area (Å²) in [6.45, 7) is 3.28. The van der Waals surface area contributed by atoms with Gasteiger partial charge in [-0.25, -0.2) is 4.98 Å². The number of aryl methyl sites for hydroxylation is 1. The van der Waals surface area contributed by atoms with E-state index in [0.717, 1.165) is 47.7 Å². The number of carbonyl (C=O) groups excluding carboxylic acids is 1. The second kappa shape index (κ2) is 7.80. The molecule has 6 heteroatoms. The van der Waals surface area contributed by atoms with E-state index in [-0.39, 0.29) is 12.0 Å². The number of aromatic amines is 1. The molecule has 0 aliphatic carbocycles. The number of nitrogens with one attached hydrogen (secondary N) is 2. The van der Waals surface area contributed by atoms with Crippen LogP contribution in [0.5, 0.6) is 5.75 Å². The maximum atomic E-state index is 12.5. The van der Waals surface area contributed by atoms with Gasteiger partial charge in [-0.1, -0.05) is 0 Å². The van der Waals surface area contributed by atoms with E-state index in [1.807, 2.05) is 43.3 Å². The highest BCUT2D eigenvalue weighted by molar-refractivity contribution is 6.05. The van der Waals surface area contributed by atoms with Crippen molar-refractivity contribution in [3.05, 3.63) is 53.9 Å². The number of hydrogen-bond acceptors (Lipinski definition) is 4. The van der Waals surface area contributed by atoms with Crippen LogP contribution in [0.25, 0.3) is 11.0 Å². The van der Waals surface area contributed by atoms with Crippen LogP contribution < -0.4 is 10.1 Å². The first kappa shape index (κ1) is 17.5. The van der Waals surface area contributed by atoms with Gasteiger partial charge in [-0.05, 0) is 68.7 Å². The van der Waals surface area contributed by atoms with E-state index in [1.54, 1.807) is 6.07 Å². The summed E-state index contributed by atoms with van der Waals surface area (Å²) in [5, 5.41) is 2.91. The zero-order valence-electron chi connectivity index (χ0n) is 15.3. The van der Waals surface area contributed by atoms with Crippen LogP contribution in [-0.4, -0.2) is 35.2 Å². The van der Waals surface area contributed by atoms with Gasteiger partial charge in [-0.15, -0.1) is 0 Å². The summed E-state index contributed by atoms with van der Waals surface area (Å²) in [6, 6.07) is 12.8. The average molecular weight is 365 g/mol. The number of benzene rings is 2. The number of carbonyl (C=O) groups is 1. The summed E-state index contributed by atoms with van der Waals surface area (Å²) in [5.41, 5.74) is 3.02. The summed E-state index contributed by atoms with van der Waals surface area (Å²) in [4.78, 5) is 20.0. The average Bonchev–Trinajstić information content (AvgIpc) is 3.07. The van der Waals surface area contributed by atoms with Gasteiger partial charge in [0.25, 0.3) is 5.91 Å². The minimum absolute atomic E-state index is 0.159. The lowest BCUT2D eigenvalue weighted by Crippen LogP contribution is -2.25. The van der Waals surface area contributed by atoms with Gasteiger partial charge in [-0.3, -0.25) is 4.79 Å². The molecule has 1 saturated heterocycles. The highest BCUT2D eigenvalue weighted by Gasteiger charge is 2.14. The van der Waals surface area contributed by atoms with Crippen molar-refractivity contribution < 1.29 is 14.3 Å². The SMILES string of the molecule is Cc1nc2ccc(C(=O)Nc3ccc(OCC4CCCCO4)cc3)cc2[nH]1. The highest BCUT2D eigenvalue weighted by Crippen LogP contribution is 2.20. The molecule has 1 fully saturated rings. The number of anilines is 1. The van der Waals surface area contributed by atoms with Gasteiger partial charge in [0.1, 0.15) is 18.2 Å². The number of nitrogens with zero attached hydrogens (tertiary/aromatic N) is 1. The first-order valence-corrected chi connectivity index (χ1v) is 9.29. The number of aromatic nitrogens is 2. The topological polar surface area (TPSA) is 76.2 Å². The van der Waals surface area contributed by atoms with E-state index in [2.05, 4.69) is 15.3 Å². The molecule has 140 valence electrons. The highest BCUT2D eigenvalue weighted by atomic mass is 16.5. The van der Waals surface area contributed by atoms with Gasteiger partial charge in [0, 0.05) is 17.9 Å². The van der Waals surface area contributed by atoms with Crippen LogP contribution in [-0.2, 0) is 4.74 Å². The third kappa shape index (κ3) is 4.28. The van der Waals surface area contributed by atoms with Crippen molar-refractivity contribution >= 4 is 22.6 Å². The Morgan fingerprint density at radius 1 is 1.26 bits per heavy atom. The molecule has 1 aliphatic rings. The van der Waals surface area contributed by atoms with E-state index in [1.165, 1.54) is 6.42 Å². The molecule has 0 radical (unpaired) electrons. The van der Waals surface area contributed by atoms with Gasteiger partial charge in [0.05, 0.1) is 17.1 Å². The minimum Gasteiger partial charge on any atom is -0.491 e. The number of fused-ring (bicyclic) bond motifs is 1. The molecule has 0 bridgehead atoms. The fourth-order valence-electron chi connectivity index (χ4n) is 3.24. The van der Waals surface area contributed by atoms with Crippen molar-refractivity contribution in [1.29, 1.82) is 0 Å². The molecule has 6 nitrogen and oxygen atoms in total. The molecule has 2 heterocycles. The maximum absolute atomic E-state index is 12.5. The van der Waals surface area contributed by atoms with E-state index in [0.29, 0.717) is 12.2 Å². The predicted molar refractivity (Wildman–Crippen MR) is 104 cm³/mol. The van der Waals surface area contributed by atoms with Gasteiger partial charge >= 0.3 is 0 Å². The van der Waals surface area contributed by atoms with Crippen LogP contribution in [0.1, 0.15) is 35.4 Å². The van der Waals surface area contributed by atoms with Gasteiger partial charge in [-0.2, -0.15) is 0 Å². The number of rotatable bonds is 5. The van der Waals surface area contributed by atoms with Gasteiger partial charge in [0.2, 0.25) is 0 Å². The molecule has 1 aromatic heterocycles. The fourth-order valence-corrected chi connectivity index (χ4v) is 3.24. The third-order valence-electron chi connectivity index (χ3n) is 4.68. The lowest BCUT2D eigenvalue weighted by molar-refractivity contribution is -0.0110. The van der Waals surface area contributed by atoms with Crippen LogP contribution in [0, 0.1) is 6.92 Å². The van der Waals surface area contributed by atoms with Crippen molar-refractivity contribution in [3.63, 3.8) is 0 Å². The number of imidazole rings is 1. The molecule has 2 N–H and O–H groups in total. The van der Waals surface area contributed by atoms with Crippen LogP contribution in [0.4, 0.5) is 5.69 Å². The molecule has 1 unspecified atom stereocenters. The second-order valence-electron chi connectivity index (χ2n) is 6.83. The Morgan fingerprint density at radius 2 is 2.11 bits per heavy atom. The van der Waals surface area contributed by atoms with Crippen LogP contribution in [0.2, 0.25) is 0 Å². The van der Waals surface area contributed by atoms with E-state index in [9.17, 15) is 4.79 Å². The van der Waals surface area contributed by atoms with Crippen LogP contribution >= 0.6 is 0 Å². The quantitative estimate of drug-likeness (QED) is 0.714. The smallest absolute Gasteiger partial charge is 0.255 e. The van der Waals surface area contributed by atoms with E-state index >= 15 is 0 Å². The molecule has 0 spiro atoms. The maximum Gasteiger partial charge on any atom is 0.255 e. The molecule has 2 aromatic carbocycles. The normalized spacial score (nSPS) is 17.0. The fraction of sp³-hybridized carbons (Fsp3) is 0.333. The summed E-state index contributed by atoms with van der Waals surface area (Å²) in [5.74, 6) is 1.45. The summed E-state index contributed by atoms with van der Waals surface area (Å²) in [6.07, 6.45) is 3.56. The van der Waals surface area contributed by atoms with Gasteiger partial charge < -0.3 is 19.8 Å². The first-order valence-electron chi connectivity index (χ1n) is 9.29. The molecular weight excluding hydrogens is 342 g/mol. The Balaban J connectivity index is 1.36. The number of amides is 1. The molecule has 27 heavy (non-hydrogen) atoms. The zero-order chi connectivity index (χ0) is 18.6. The van der Waals surface area contributed by atoms with Crippen LogP contribution in [0.15, 0.2) is 42.5 Å². The Kier molecular flexibility index (Phi) is 5.07. The first-order chi connectivity index (χ1) is 13.2. The molecule has 3 aromatic rings. The zero-order valence-corrected chi connectivity index (χ0v) is 15.3. The van der Waals surface area contributed by atoms with Crippen molar-refractivity contribution in [2.75, 3.05) is 18.5 Å². The molecular formula is C21H23N3O3. The molecule has 1 atom stereocenters. The summed E-state index contributed by atoms with van der Waals surface area (Å²) < 4.78 is 11.5.